The van der Waals surface area contributed by atoms with Gasteiger partial charge in [0.25, 0.3) is 0 Å². The van der Waals surface area contributed by atoms with Gasteiger partial charge in [-0.05, 0) is 32.4 Å². The van der Waals surface area contributed by atoms with E-state index in [0.29, 0.717) is 0 Å². The minimum absolute atomic E-state index is 0.121. The summed E-state index contributed by atoms with van der Waals surface area (Å²) in [5.41, 5.74) is 2.50. The lowest BCUT2D eigenvalue weighted by molar-refractivity contribution is 0.424. The lowest BCUT2D eigenvalue weighted by Gasteiger charge is -2.21. The quantitative estimate of drug-likeness (QED) is 0.917. The van der Waals surface area contributed by atoms with E-state index < -0.39 is 0 Å². The Hall–Kier alpha value is -1.88. The number of nitrogens with one attached hydrogen (secondary N) is 1. The third-order valence-corrected chi connectivity index (χ3v) is 3.20. The van der Waals surface area contributed by atoms with Gasteiger partial charge in [0.2, 0.25) is 0 Å². The SMILES string of the molecule is CN(Cc1cnn(C)c1)c1ccc(CNC(C)(C)C)cn1. The van der Waals surface area contributed by atoms with Crippen LogP contribution in [0.5, 0.6) is 0 Å². The summed E-state index contributed by atoms with van der Waals surface area (Å²) in [5, 5.41) is 7.65. The molecule has 0 radical (unpaired) electrons. The summed E-state index contributed by atoms with van der Waals surface area (Å²) in [6.45, 7) is 8.13. The van der Waals surface area contributed by atoms with Crippen molar-refractivity contribution in [3.63, 3.8) is 0 Å². The van der Waals surface area contributed by atoms with Crippen LogP contribution in [-0.2, 0) is 20.1 Å². The first-order valence-corrected chi connectivity index (χ1v) is 7.22. The lowest BCUT2D eigenvalue weighted by atomic mass is 10.1. The first-order chi connectivity index (χ1) is 9.83. The number of aryl methyl sites for hydroxylation is 1. The van der Waals surface area contributed by atoms with Crippen LogP contribution in [0.2, 0.25) is 0 Å². The first-order valence-electron chi connectivity index (χ1n) is 7.22. The topological polar surface area (TPSA) is 46.0 Å². The number of aromatic nitrogens is 3. The molecule has 0 aliphatic carbocycles. The molecule has 5 heteroatoms. The van der Waals surface area contributed by atoms with E-state index in [1.54, 1.807) is 0 Å². The van der Waals surface area contributed by atoms with Crippen LogP contribution in [-0.4, -0.2) is 27.4 Å². The molecular weight excluding hydrogens is 262 g/mol. The molecule has 0 fully saturated rings. The van der Waals surface area contributed by atoms with Gasteiger partial charge in [0.05, 0.1) is 6.20 Å². The smallest absolute Gasteiger partial charge is 0.128 e. The van der Waals surface area contributed by atoms with E-state index in [0.717, 1.165) is 18.9 Å². The van der Waals surface area contributed by atoms with E-state index in [9.17, 15) is 0 Å². The molecule has 114 valence electrons. The van der Waals surface area contributed by atoms with Crippen LogP contribution >= 0.6 is 0 Å². The molecule has 0 bridgehead atoms. The average Bonchev–Trinajstić information content (AvgIpc) is 2.81. The van der Waals surface area contributed by atoms with Gasteiger partial charge in [-0.2, -0.15) is 5.10 Å². The molecule has 0 unspecified atom stereocenters. The summed E-state index contributed by atoms with van der Waals surface area (Å²) in [4.78, 5) is 6.66. The van der Waals surface area contributed by atoms with Crippen LogP contribution in [0.1, 0.15) is 31.9 Å². The van der Waals surface area contributed by atoms with Crippen molar-refractivity contribution in [2.45, 2.75) is 39.4 Å². The van der Waals surface area contributed by atoms with Crippen molar-refractivity contribution in [2.75, 3.05) is 11.9 Å². The van der Waals surface area contributed by atoms with Gasteiger partial charge in [0.15, 0.2) is 0 Å². The number of pyridine rings is 1. The first kappa shape index (κ1) is 15.5. The number of hydrogen-bond donors (Lipinski definition) is 1. The van der Waals surface area contributed by atoms with Crippen molar-refractivity contribution < 1.29 is 0 Å². The highest BCUT2D eigenvalue weighted by atomic mass is 15.2. The summed E-state index contributed by atoms with van der Waals surface area (Å²) in [6.07, 6.45) is 5.85. The Balaban J connectivity index is 1.94. The summed E-state index contributed by atoms with van der Waals surface area (Å²) < 4.78 is 1.82. The molecule has 0 saturated carbocycles. The molecule has 0 aromatic carbocycles. The minimum atomic E-state index is 0.121. The molecule has 21 heavy (non-hydrogen) atoms. The second kappa shape index (κ2) is 6.26. The van der Waals surface area contributed by atoms with E-state index >= 15 is 0 Å². The Morgan fingerprint density at radius 1 is 1.19 bits per heavy atom. The van der Waals surface area contributed by atoms with Crippen LogP contribution in [0.15, 0.2) is 30.7 Å². The normalized spacial score (nSPS) is 11.7. The van der Waals surface area contributed by atoms with Gasteiger partial charge in [0, 0.05) is 50.7 Å². The van der Waals surface area contributed by atoms with Crippen molar-refractivity contribution in [1.82, 2.24) is 20.1 Å². The van der Waals surface area contributed by atoms with Gasteiger partial charge >= 0.3 is 0 Å². The van der Waals surface area contributed by atoms with Gasteiger partial charge in [-0.1, -0.05) is 6.07 Å². The zero-order valence-corrected chi connectivity index (χ0v) is 13.6. The highest BCUT2D eigenvalue weighted by molar-refractivity contribution is 5.39. The largest absolute Gasteiger partial charge is 0.355 e. The average molecular weight is 287 g/mol. The molecular formula is C16H25N5. The molecule has 0 spiro atoms. The zero-order chi connectivity index (χ0) is 15.5. The monoisotopic (exact) mass is 287 g/mol. The highest BCUT2D eigenvalue weighted by Crippen LogP contribution is 2.13. The predicted molar refractivity (Wildman–Crippen MR) is 86.1 cm³/mol. The maximum absolute atomic E-state index is 4.54. The van der Waals surface area contributed by atoms with Crippen molar-refractivity contribution in [2.24, 2.45) is 7.05 Å². The second-order valence-electron chi connectivity index (χ2n) is 6.51. The lowest BCUT2D eigenvalue weighted by Crippen LogP contribution is -2.35. The van der Waals surface area contributed by atoms with Crippen LogP contribution in [0.3, 0.4) is 0 Å². The Morgan fingerprint density at radius 2 is 1.95 bits per heavy atom. The van der Waals surface area contributed by atoms with Gasteiger partial charge in [-0.3, -0.25) is 4.68 Å². The van der Waals surface area contributed by atoms with E-state index in [1.807, 2.05) is 37.4 Å². The molecule has 0 saturated heterocycles. The third-order valence-electron chi connectivity index (χ3n) is 3.20. The number of nitrogens with zero attached hydrogens (tertiary/aromatic N) is 4. The number of rotatable bonds is 5. The number of anilines is 1. The Labute approximate surface area is 127 Å². The maximum Gasteiger partial charge on any atom is 0.128 e. The molecule has 1 N–H and O–H groups in total. The van der Waals surface area contributed by atoms with E-state index in [1.165, 1.54) is 11.1 Å². The maximum atomic E-state index is 4.54. The Kier molecular flexibility index (Phi) is 4.63. The molecule has 0 aliphatic heterocycles. The molecule has 2 heterocycles. The van der Waals surface area contributed by atoms with Gasteiger partial charge in [-0.25, -0.2) is 4.98 Å². The fraction of sp³-hybridized carbons (Fsp3) is 0.500. The van der Waals surface area contributed by atoms with Crippen molar-refractivity contribution in [1.29, 1.82) is 0 Å². The Morgan fingerprint density at radius 3 is 2.48 bits per heavy atom. The number of hydrogen-bond acceptors (Lipinski definition) is 4. The van der Waals surface area contributed by atoms with Gasteiger partial charge in [-0.15, -0.1) is 0 Å². The van der Waals surface area contributed by atoms with E-state index in [2.05, 4.69) is 53.2 Å². The van der Waals surface area contributed by atoms with Crippen LogP contribution < -0.4 is 10.2 Å². The van der Waals surface area contributed by atoms with E-state index in [-0.39, 0.29) is 5.54 Å². The fourth-order valence-electron chi connectivity index (χ4n) is 2.02. The summed E-state index contributed by atoms with van der Waals surface area (Å²) in [7, 11) is 3.97. The van der Waals surface area contributed by atoms with E-state index in [4.69, 9.17) is 0 Å². The van der Waals surface area contributed by atoms with Crippen molar-refractivity contribution in [3.8, 4) is 0 Å². The highest BCUT2D eigenvalue weighted by Gasteiger charge is 2.09. The van der Waals surface area contributed by atoms with Crippen LogP contribution in [0.25, 0.3) is 0 Å². The molecule has 2 aromatic heterocycles. The van der Waals surface area contributed by atoms with Gasteiger partial charge in [0.1, 0.15) is 5.82 Å². The van der Waals surface area contributed by atoms with Crippen LogP contribution in [0, 0.1) is 0 Å². The summed E-state index contributed by atoms with van der Waals surface area (Å²) in [6, 6.07) is 4.19. The summed E-state index contributed by atoms with van der Waals surface area (Å²) in [5.74, 6) is 0.971. The van der Waals surface area contributed by atoms with Crippen molar-refractivity contribution >= 4 is 5.82 Å². The fourth-order valence-corrected chi connectivity index (χ4v) is 2.02. The third kappa shape index (κ3) is 4.86. The van der Waals surface area contributed by atoms with Crippen molar-refractivity contribution in [3.05, 3.63) is 41.9 Å². The van der Waals surface area contributed by atoms with Crippen LogP contribution in [0.4, 0.5) is 5.82 Å². The molecule has 2 aromatic rings. The zero-order valence-electron chi connectivity index (χ0n) is 13.6. The molecule has 0 amide bonds. The molecule has 0 aliphatic rings. The Bertz CT molecular complexity index is 565. The molecule has 0 atom stereocenters. The van der Waals surface area contributed by atoms with Gasteiger partial charge < -0.3 is 10.2 Å². The molecule has 2 rings (SSSR count). The minimum Gasteiger partial charge on any atom is -0.355 e. The standard InChI is InChI=1S/C16H25N5/c1-16(2,3)18-9-13-6-7-15(17-8-13)20(4)11-14-10-19-21(5)12-14/h6-8,10,12,18H,9,11H2,1-5H3. The second-order valence-corrected chi connectivity index (χ2v) is 6.51. The molecule has 5 nitrogen and oxygen atoms in total. The summed E-state index contributed by atoms with van der Waals surface area (Å²) >= 11 is 0. The predicted octanol–water partition coefficient (Wildman–Crippen LogP) is 2.34.